The third-order valence-corrected chi connectivity index (χ3v) is 3.08. The summed E-state index contributed by atoms with van der Waals surface area (Å²) in [4.78, 5) is 11.7. The number of halogens is 1. The van der Waals surface area contributed by atoms with Gasteiger partial charge in [0, 0.05) is 6.42 Å². The van der Waals surface area contributed by atoms with E-state index in [4.69, 9.17) is 0 Å². The van der Waals surface area contributed by atoms with Gasteiger partial charge in [-0.1, -0.05) is 6.07 Å². The molecule has 0 bridgehead atoms. The molecule has 0 saturated carbocycles. The first-order valence-corrected chi connectivity index (χ1v) is 5.54. The van der Waals surface area contributed by atoms with Gasteiger partial charge in [-0.2, -0.15) is 5.10 Å². The van der Waals surface area contributed by atoms with Crippen molar-refractivity contribution in [3.63, 3.8) is 0 Å². The molecule has 0 unspecified atom stereocenters. The Labute approximate surface area is 97.9 Å². The molecule has 86 valence electrons. The number of rotatable bonds is 1. The molecule has 0 atom stereocenters. The highest BCUT2D eigenvalue weighted by atomic mass is 19.1. The van der Waals surface area contributed by atoms with E-state index in [0.717, 1.165) is 11.4 Å². The number of aryl methyl sites for hydroxylation is 1. The molecule has 0 radical (unpaired) electrons. The Morgan fingerprint density at radius 3 is 2.94 bits per heavy atom. The second kappa shape index (κ2) is 3.52. The molecule has 3 nitrogen and oxygen atoms in total. The van der Waals surface area contributed by atoms with Crippen LogP contribution in [0.3, 0.4) is 0 Å². The highest BCUT2D eigenvalue weighted by molar-refractivity contribution is 6.01. The van der Waals surface area contributed by atoms with E-state index in [1.54, 1.807) is 16.8 Å². The minimum Gasteiger partial charge on any atom is -0.294 e. The van der Waals surface area contributed by atoms with Gasteiger partial charge in [-0.15, -0.1) is 0 Å². The lowest BCUT2D eigenvalue weighted by molar-refractivity contribution is 0.0994. The van der Waals surface area contributed by atoms with Gasteiger partial charge in [-0.25, -0.2) is 9.07 Å². The van der Waals surface area contributed by atoms with Crippen LogP contribution in [-0.2, 0) is 6.42 Å². The average Bonchev–Trinajstić information content (AvgIpc) is 2.82. The Bertz CT molecular complexity index is 616. The van der Waals surface area contributed by atoms with E-state index < -0.39 is 0 Å². The fraction of sp³-hybridized carbons (Fsp3) is 0.231. The molecule has 0 N–H and O–H groups in total. The maximum atomic E-state index is 13.2. The first-order chi connectivity index (χ1) is 8.16. The van der Waals surface area contributed by atoms with Crippen LogP contribution < -0.4 is 0 Å². The molecule has 0 aliphatic heterocycles. The summed E-state index contributed by atoms with van der Waals surface area (Å²) in [6, 6.07) is 6.25. The lowest BCUT2D eigenvalue weighted by Gasteiger charge is -2.04. The summed E-state index contributed by atoms with van der Waals surface area (Å²) >= 11 is 0. The third kappa shape index (κ3) is 1.48. The molecular formula is C13H11FN2O. The number of aromatic nitrogens is 2. The van der Waals surface area contributed by atoms with E-state index in [2.05, 4.69) is 5.10 Å². The standard InChI is InChI=1S/C13H11FN2O/c1-8-13-11(5-6-12(13)17)16(15-8)10-4-2-3-9(14)7-10/h2-4,7H,5-6H2,1H3. The van der Waals surface area contributed by atoms with Crippen LogP contribution in [0.5, 0.6) is 0 Å². The summed E-state index contributed by atoms with van der Waals surface area (Å²) in [6.07, 6.45) is 1.22. The van der Waals surface area contributed by atoms with Crippen molar-refractivity contribution in [2.24, 2.45) is 0 Å². The molecule has 0 saturated heterocycles. The van der Waals surface area contributed by atoms with Gasteiger partial charge in [-0.05, 0) is 31.5 Å². The van der Waals surface area contributed by atoms with E-state index in [1.807, 2.05) is 6.92 Å². The number of ketones is 1. The quantitative estimate of drug-likeness (QED) is 0.754. The molecule has 2 aromatic rings. The van der Waals surface area contributed by atoms with Gasteiger partial charge >= 0.3 is 0 Å². The monoisotopic (exact) mass is 230 g/mol. The number of carbonyl (C=O) groups excluding carboxylic acids is 1. The fourth-order valence-corrected chi connectivity index (χ4v) is 2.35. The molecule has 1 aromatic carbocycles. The number of Topliss-reactive ketones (excluding diaryl/α,β-unsaturated/α-hetero) is 1. The highest BCUT2D eigenvalue weighted by Crippen LogP contribution is 2.27. The number of fused-ring (bicyclic) bond motifs is 1. The number of hydrogen-bond donors (Lipinski definition) is 0. The summed E-state index contributed by atoms with van der Waals surface area (Å²) < 4.78 is 14.9. The first-order valence-electron chi connectivity index (χ1n) is 5.54. The summed E-state index contributed by atoms with van der Waals surface area (Å²) in [7, 11) is 0. The molecule has 4 heteroatoms. The van der Waals surface area contributed by atoms with Gasteiger partial charge in [0.2, 0.25) is 0 Å². The van der Waals surface area contributed by atoms with Crippen LogP contribution in [-0.4, -0.2) is 15.6 Å². The molecule has 0 amide bonds. The van der Waals surface area contributed by atoms with E-state index in [-0.39, 0.29) is 11.6 Å². The van der Waals surface area contributed by atoms with Gasteiger partial charge in [0.25, 0.3) is 0 Å². The van der Waals surface area contributed by atoms with Crippen molar-refractivity contribution >= 4 is 5.78 Å². The Hall–Kier alpha value is -1.97. The number of carbonyl (C=O) groups is 1. The second-order valence-electron chi connectivity index (χ2n) is 4.22. The number of benzene rings is 1. The van der Waals surface area contributed by atoms with Crippen LogP contribution in [0.1, 0.15) is 28.2 Å². The zero-order valence-electron chi connectivity index (χ0n) is 9.40. The van der Waals surface area contributed by atoms with Crippen LogP contribution in [0.2, 0.25) is 0 Å². The SMILES string of the molecule is Cc1nn(-c2cccc(F)c2)c2c1C(=O)CC2. The number of hydrogen-bond acceptors (Lipinski definition) is 2. The van der Waals surface area contributed by atoms with Gasteiger partial charge in [0.1, 0.15) is 5.82 Å². The van der Waals surface area contributed by atoms with Crippen LogP contribution in [0.25, 0.3) is 5.69 Å². The minimum atomic E-state index is -0.297. The van der Waals surface area contributed by atoms with E-state index in [0.29, 0.717) is 24.1 Å². The molecule has 1 aliphatic carbocycles. The Morgan fingerprint density at radius 2 is 2.18 bits per heavy atom. The third-order valence-electron chi connectivity index (χ3n) is 3.08. The van der Waals surface area contributed by atoms with Crippen molar-refractivity contribution in [2.75, 3.05) is 0 Å². The molecule has 17 heavy (non-hydrogen) atoms. The second-order valence-corrected chi connectivity index (χ2v) is 4.22. The molecule has 3 rings (SSSR count). The van der Waals surface area contributed by atoms with E-state index in [9.17, 15) is 9.18 Å². The zero-order valence-corrected chi connectivity index (χ0v) is 9.40. The molecular weight excluding hydrogens is 219 g/mol. The van der Waals surface area contributed by atoms with Crippen LogP contribution >= 0.6 is 0 Å². The normalized spacial score (nSPS) is 14.1. The Kier molecular flexibility index (Phi) is 2.11. The molecule has 1 heterocycles. The first kappa shape index (κ1) is 10.2. The largest absolute Gasteiger partial charge is 0.294 e. The van der Waals surface area contributed by atoms with Crippen LogP contribution in [0, 0.1) is 12.7 Å². The van der Waals surface area contributed by atoms with Gasteiger partial charge in [0.15, 0.2) is 5.78 Å². The summed E-state index contributed by atoms with van der Waals surface area (Å²) in [5.74, 6) is -0.158. The smallest absolute Gasteiger partial charge is 0.166 e. The van der Waals surface area contributed by atoms with Crippen molar-refractivity contribution in [1.82, 2.24) is 9.78 Å². The maximum absolute atomic E-state index is 13.2. The minimum absolute atomic E-state index is 0.139. The van der Waals surface area contributed by atoms with E-state index >= 15 is 0 Å². The summed E-state index contributed by atoms with van der Waals surface area (Å²) in [5, 5.41) is 4.32. The van der Waals surface area contributed by atoms with Crippen molar-refractivity contribution in [2.45, 2.75) is 19.8 Å². The lowest BCUT2D eigenvalue weighted by Crippen LogP contribution is -2.01. The Morgan fingerprint density at radius 1 is 1.35 bits per heavy atom. The van der Waals surface area contributed by atoms with Crippen molar-refractivity contribution in [3.05, 3.63) is 47.0 Å². The van der Waals surface area contributed by atoms with Crippen LogP contribution in [0.15, 0.2) is 24.3 Å². The molecule has 1 aromatic heterocycles. The van der Waals surface area contributed by atoms with E-state index in [1.165, 1.54) is 12.1 Å². The van der Waals surface area contributed by atoms with Gasteiger partial charge in [-0.3, -0.25) is 4.79 Å². The predicted molar refractivity (Wildman–Crippen MR) is 60.9 cm³/mol. The van der Waals surface area contributed by atoms with Crippen molar-refractivity contribution < 1.29 is 9.18 Å². The topological polar surface area (TPSA) is 34.9 Å². The highest BCUT2D eigenvalue weighted by Gasteiger charge is 2.27. The van der Waals surface area contributed by atoms with Crippen molar-refractivity contribution in [1.29, 1.82) is 0 Å². The van der Waals surface area contributed by atoms with Crippen molar-refractivity contribution in [3.8, 4) is 5.69 Å². The van der Waals surface area contributed by atoms with Gasteiger partial charge in [0.05, 0.1) is 22.6 Å². The molecule has 0 spiro atoms. The molecule has 0 fully saturated rings. The lowest BCUT2D eigenvalue weighted by atomic mass is 10.2. The summed E-state index contributed by atoms with van der Waals surface area (Å²) in [5.41, 5.74) is 3.02. The molecule has 1 aliphatic rings. The number of nitrogens with zero attached hydrogens (tertiary/aromatic N) is 2. The maximum Gasteiger partial charge on any atom is 0.166 e. The fourth-order valence-electron chi connectivity index (χ4n) is 2.35. The Balaban J connectivity index is 2.20. The zero-order chi connectivity index (χ0) is 12.0. The average molecular weight is 230 g/mol. The van der Waals surface area contributed by atoms with Crippen LogP contribution in [0.4, 0.5) is 4.39 Å². The van der Waals surface area contributed by atoms with Gasteiger partial charge < -0.3 is 0 Å². The summed E-state index contributed by atoms with van der Waals surface area (Å²) in [6.45, 7) is 1.82. The predicted octanol–water partition coefficient (Wildman–Crippen LogP) is 2.45.